The summed E-state index contributed by atoms with van der Waals surface area (Å²) in [5.41, 5.74) is -5.07. The minimum Gasteiger partial charge on any atom is -0.458 e. The number of alkyl halides is 6. The molecule has 1 fully saturated rings. The summed E-state index contributed by atoms with van der Waals surface area (Å²) in [5, 5.41) is 8.79. The van der Waals surface area contributed by atoms with Crippen molar-refractivity contribution in [3.05, 3.63) is 0 Å². The van der Waals surface area contributed by atoms with Crippen LogP contribution in [0.4, 0.5) is 26.3 Å². The minimum atomic E-state index is -6.00. The van der Waals surface area contributed by atoms with Gasteiger partial charge >= 0.3 is 18.3 Å². The maximum absolute atomic E-state index is 12.3. The van der Waals surface area contributed by atoms with Crippen molar-refractivity contribution in [1.29, 1.82) is 0 Å². The molecule has 0 amide bonds. The Morgan fingerprint density at radius 3 is 2.00 bits per heavy atom. The quantitative estimate of drug-likeness (QED) is 0.530. The van der Waals surface area contributed by atoms with Crippen molar-refractivity contribution in [1.82, 2.24) is 0 Å². The number of rotatable bonds is 4. The van der Waals surface area contributed by atoms with Gasteiger partial charge in [-0.05, 0) is 0 Å². The summed E-state index contributed by atoms with van der Waals surface area (Å²) in [6.45, 7) is -1.18. The van der Waals surface area contributed by atoms with E-state index in [0.29, 0.717) is 31.2 Å². The van der Waals surface area contributed by atoms with Gasteiger partial charge < -0.3 is 19.5 Å². The smallest absolute Gasteiger partial charge is 0.429 e. The molecule has 0 aromatic carbocycles. The first-order valence-electron chi connectivity index (χ1n) is 5.90. The number of esters is 1. The molecule has 1 aliphatic rings. The predicted molar refractivity (Wildman–Crippen MR) is 54.4 cm³/mol. The van der Waals surface area contributed by atoms with Crippen molar-refractivity contribution in [3.63, 3.8) is 0 Å². The third kappa shape index (κ3) is 4.45. The normalized spacial score (nSPS) is 18.6. The number of carbonyl (C=O) groups is 1. The summed E-state index contributed by atoms with van der Waals surface area (Å²) in [6, 6.07) is 0. The van der Waals surface area contributed by atoms with Gasteiger partial charge in [-0.1, -0.05) is 0 Å². The lowest BCUT2D eigenvalue weighted by Crippen LogP contribution is -3.15. The molecule has 0 radical (unpaired) electrons. The summed E-state index contributed by atoms with van der Waals surface area (Å²) in [7, 11) is 0. The van der Waals surface area contributed by atoms with Crippen molar-refractivity contribution >= 4 is 5.97 Å². The second-order valence-electron chi connectivity index (χ2n) is 4.56. The highest BCUT2D eigenvalue weighted by atomic mass is 19.4. The van der Waals surface area contributed by atoms with Crippen LogP contribution in [0.25, 0.3) is 0 Å². The van der Waals surface area contributed by atoms with Crippen LogP contribution >= 0.6 is 0 Å². The Labute approximate surface area is 115 Å². The van der Waals surface area contributed by atoms with Crippen molar-refractivity contribution in [2.24, 2.45) is 0 Å². The van der Waals surface area contributed by atoms with E-state index in [-0.39, 0.29) is 0 Å². The lowest BCUT2D eigenvalue weighted by atomic mass is 10.0. The zero-order valence-corrected chi connectivity index (χ0v) is 10.7. The average Bonchev–Trinajstić information content (AvgIpc) is 2.34. The first-order valence-corrected chi connectivity index (χ1v) is 5.90. The lowest BCUT2D eigenvalue weighted by Gasteiger charge is -2.31. The molecule has 21 heavy (non-hydrogen) atoms. The fraction of sp³-hybridized carbons (Fsp3) is 0.900. The molecule has 0 aromatic rings. The van der Waals surface area contributed by atoms with Crippen LogP contribution in [0.3, 0.4) is 0 Å². The summed E-state index contributed by atoms with van der Waals surface area (Å²) in [5.74, 6) is -1.25. The highest BCUT2D eigenvalue weighted by Crippen LogP contribution is 2.43. The van der Waals surface area contributed by atoms with Gasteiger partial charge in [0.15, 0.2) is 6.54 Å². The first-order chi connectivity index (χ1) is 9.47. The third-order valence-electron chi connectivity index (χ3n) is 2.97. The first kappa shape index (κ1) is 18.0. The molecule has 2 N–H and O–H groups in total. The molecular weight excluding hydrogens is 312 g/mol. The van der Waals surface area contributed by atoms with Gasteiger partial charge in [-0.3, -0.25) is 0 Å². The van der Waals surface area contributed by atoms with E-state index in [9.17, 15) is 31.1 Å². The number of hydrogen-bond donors (Lipinski definition) is 2. The van der Waals surface area contributed by atoms with E-state index in [0.717, 1.165) is 0 Å². The van der Waals surface area contributed by atoms with Gasteiger partial charge in [-0.2, -0.15) is 26.3 Å². The summed E-state index contributed by atoms with van der Waals surface area (Å²) in [4.78, 5) is 11.9. The summed E-state index contributed by atoms with van der Waals surface area (Å²) < 4.78 is 82.9. The Balaban J connectivity index is 2.59. The van der Waals surface area contributed by atoms with Crippen molar-refractivity contribution in [3.8, 4) is 0 Å². The van der Waals surface area contributed by atoms with Crippen LogP contribution in [-0.4, -0.2) is 68.5 Å². The molecule has 124 valence electrons. The molecule has 0 spiro atoms. The number of aliphatic hydroxyl groups is 1. The maximum Gasteiger partial charge on any atom is 0.429 e. The summed E-state index contributed by atoms with van der Waals surface area (Å²) in [6.07, 6.45) is -12.0. The van der Waals surface area contributed by atoms with E-state index in [2.05, 4.69) is 4.74 Å². The topological polar surface area (TPSA) is 60.2 Å². The van der Waals surface area contributed by atoms with E-state index < -0.39 is 37.1 Å². The van der Waals surface area contributed by atoms with E-state index in [1.165, 1.54) is 0 Å². The lowest BCUT2D eigenvalue weighted by molar-refractivity contribution is -0.900. The molecule has 5 nitrogen and oxygen atoms in total. The fourth-order valence-corrected chi connectivity index (χ4v) is 1.60. The number of carbonyl (C=O) groups excluding carboxylic acids is 1. The van der Waals surface area contributed by atoms with Gasteiger partial charge in [0, 0.05) is 0 Å². The van der Waals surface area contributed by atoms with Gasteiger partial charge in [-0.25, -0.2) is 4.79 Å². The molecule has 0 aromatic heterocycles. The molecule has 1 saturated heterocycles. The highest BCUT2D eigenvalue weighted by Gasteiger charge is 2.71. The van der Waals surface area contributed by atoms with Crippen LogP contribution in [-0.2, 0) is 14.3 Å². The molecular formula is C10H14F6NO4+. The number of halogens is 6. The van der Waals surface area contributed by atoms with Gasteiger partial charge in [0.25, 0.3) is 5.60 Å². The molecule has 0 atom stereocenters. The van der Waals surface area contributed by atoms with Crippen LogP contribution in [0, 0.1) is 0 Å². The molecule has 0 aliphatic carbocycles. The van der Waals surface area contributed by atoms with E-state index >= 15 is 0 Å². The fourth-order valence-electron chi connectivity index (χ4n) is 1.60. The third-order valence-corrected chi connectivity index (χ3v) is 2.97. The standard InChI is InChI=1S/C10H13F6NO4/c11-9(12,13)8(19,10(14,15)16)6-21-7(18)5-17-1-3-20-4-2-17/h19H,1-6H2/p+1. The second kappa shape index (κ2) is 6.36. The predicted octanol–water partition coefficient (Wildman–Crippen LogP) is -0.700. The molecule has 11 heteroatoms. The van der Waals surface area contributed by atoms with E-state index in [1.54, 1.807) is 0 Å². The zero-order chi connectivity index (χ0) is 16.3. The van der Waals surface area contributed by atoms with Crippen LogP contribution in [0.15, 0.2) is 0 Å². The molecule has 1 heterocycles. The number of hydrogen-bond acceptors (Lipinski definition) is 4. The van der Waals surface area contributed by atoms with E-state index in [4.69, 9.17) is 9.84 Å². The SMILES string of the molecule is O=C(C[NH+]1CCOCC1)OCC(O)(C(F)(F)F)C(F)(F)F. The van der Waals surface area contributed by atoms with Crippen molar-refractivity contribution in [2.75, 3.05) is 39.5 Å². The molecule has 0 unspecified atom stereocenters. The zero-order valence-electron chi connectivity index (χ0n) is 10.7. The molecule has 0 bridgehead atoms. The van der Waals surface area contributed by atoms with Gasteiger partial charge in [0.2, 0.25) is 0 Å². The Bertz CT molecular complexity index is 350. The second-order valence-corrected chi connectivity index (χ2v) is 4.56. The van der Waals surface area contributed by atoms with Gasteiger partial charge in [-0.15, -0.1) is 0 Å². The van der Waals surface area contributed by atoms with Crippen LogP contribution < -0.4 is 4.90 Å². The molecule has 1 rings (SSSR count). The van der Waals surface area contributed by atoms with Crippen LogP contribution in [0.5, 0.6) is 0 Å². The number of ether oxygens (including phenoxy) is 2. The Morgan fingerprint density at radius 1 is 1.10 bits per heavy atom. The van der Waals surface area contributed by atoms with Crippen LogP contribution in [0.2, 0.25) is 0 Å². The summed E-state index contributed by atoms with van der Waals surface area (Å²) >= 11 is 0. The Kier molecular flexibility index (Phi) is 5.45. The van der Waals surface area contributed by atoms with E-state index in [1.807, 2.05) is 0 Å². The Morgan fingerprint density at radius 2 is 1.57 bits per heavy atom. The molecule has 1 aliphatic heterocycles. The van der Waals surface area contributed by atoms with Gasteiger partial charge in [0.05, 0.1) is 13.2 Å². The van der Waals surface area contributed by atoms with Gasteiger partial charge in [0.1, 0.15) is 19.7 Å². The number of nitrogens with one attached hydrogen (secondary N) is 1. The molecule has 0 saturated carbocycles. The average molecular weight is 326 g/mol. The Hall–Kier alpha value is -1.07. The number of morpholine rings is 1. The largest absolute Gasteiger partial charge is 0.458 e. The maximum atomic E-state index is 12.3. The van der Waals surface area contributed by atoms with Crippen LogP contribution in [0.1, 0.15) is 0 Å². The van der Waals surface area contributed by atoms with Crippen molar-refractivity contribution < 1.29 is 50.6 Å². The highest BCUT2D eigenvalue weighted by molar-refractivity contribution is 5.70. The number of quaternary nitrogens is 1. The van der Waals surface area contributed by atoms with Crippen molar-refractivity contribution in [2.45, 2.75) is 18.0 Å². The minimum absolute atomic E-state index is 0.331. The monoisotopic (exact) mass is 326 g/mol.